The SMILES string of the molecule is FC(F)(F)OC1=[C]ONC1. The van der Waals surface area contributed by atoms with E-state index in [9.17, 15) is 13.2 Å². The smallest absolute Gasteiger partial charge is 0.405 e. The third-order valence-electron chi connectivity index (χ3n) is 0.709. The maximum absolute atomic E-state index is 11.3. The minimum atomic E-state index is -4.66. The minimum Gasteiger partial charge on any atom is -0.405 e. The van der Waals surface area contributed by atoms with E-state index in [0.29, 0.717) is 0 Å². The molecule has 0 aromatic heterocycles. The van der Waals surface area contributed by atoms with Crippen molar-refractivity contribution >= 4 is 0 Å². The fourth-order valence-electron chi connectivity index (χ4n) is 0.427. The number of hydrogen-bond acceptors (Lipinski definition) is 3. The largest absolute Gasteiger partial charge is 0.572 e. The van der Waals surface area contributed by atoms with Crippen LogP contribution in [0.3, 0.4) is 0 Å². The van der Waals surface area contributed by atoms with Gasteiger partial charge in [0, 0.05) is 0 Å². The molecule has 57 valence electrons. The van der Waals surface area contributed by atoms with E-state index in [4.69, 9.17) is 0 Å². The summed E-state index contributed by atoms with van der Waals surface area (Å²) in [5.74, 6) is -0.396. The Labute approximate surface area is 54.4 Å². The molecular weight excluding hydrogens is 151 g/mol. The van der Waals surface area contributed by atoms with E-state index in [0.717, 1.165) is 0 Å². The molecule has 1 heterocycles. The van der Waals surface area contributed by atoms with Crippen molar-refractivity contribution in [3.8, 4) is 0 Å². The zero-order chi connectivity index (χ0) is 7.61. The van der Waals surface area contributed by atoms with E-state index >= 15 is 0 Å². The summed E-state index contributed by atoms with van der Waals surface area (Å²) in [4.78, 5) is 4.14. The molecule has 0 saturated carbocycles. The van der Waals surface area contributed by atoms with Gasteiger partial charge in [-0.05, 0) is 0 Å². The van der Waals surface area contributed by atoms with Gasteiger partial charge in [0.05, 0.1) is 6.54 Å². The lowest BCUT2D eigenvalue weighted by Gasteiger charge is -2.05. The van der Waals surface area contributed by atoms with Crippen LogP contribution < -0.4 is 5.48 Å². The number of ether oxygens (including phenoxy) is 1. The Hall–Kier alpha value is -0.910. The predicted octanol–water partition coefficient (Wildman–Crippen LogP) is 0.702. The fourth-order valence-corrected chi connectivity index (χ4v) is 0.427. The molecular formula is C4H3F3NO2. The fraction of sp³-hybridized carbons (Fsp3) is 0.500. The molecule has 3 nitrogen and oxygen atoms in total. The second kappa shape index (κ2) is 2.37. The summed E-state index contributed by atoms with van der Waals surface area (Å²) >= 11 is 0. The van der Waals surface area contributed by atoms with E-state index in [-0.39, 0.29) is 6.54 Å². The Morgan fingerprint density at radius 2 is 2.30 bits per heavy atom. The van der Waals surface area contributed by atoms with Crippen LogP contribution >= 0.6 is 0 Å². The molecule has 6 heteroatoms. The predicted molar refractivity (Wildman–Crippen MR) is 23.0 cm³/mol. The van der Waals surface area contributed by atoms with Gasteiger partial charge in [0.1, 0.15) is 0 Å². The molecule has 10 heavy (non-hydrogen) atoms. The topological polar surface area (TPSA) is 30.5 Å². The molecule has 0 spiro atoms. The molecule has 0 saturated heterocycles. The van der Waals surface area contributed by atoms with Crippen LogP contribution in [-0.4, -0.2) is 12.9 Å². The van der Waals surface area contributed by atoms with Gasteiger partial charge in [0.2, 0.25) is 6.26 Å². The van der Waals surface area contributed by atoms with Crippen LogP contribution in [0.25, 0.3) is 0 Å². The zero-order valence-corrected chi connectivity index (χ0v) is 4.66. The van der Waals surface area contributed by atoms with Gasteiger partial charge in [-0.2, -0.15) is 0 Å². The van der Waals surface area contributed by atoms with Crippen molar-refractivity contribution in [2.45, 2.75) is 6.36 Å². The first-order valence-electron chi connectivity index (χ1n) is 2.34. The summed E-state index contributed by atoms with van der Waals surface area (Å²) in [5.41, 5.74) is 2.12. The monoisotopic (exact) mass is 154 g/mol. The van der Waals surface area contributed by atoms with E-state index in [1.807, 2.05) is 6.26 Å². The lowest BCUT2D eigenvalue weighted by atomic mass is 10.6. The molecule has 1 aliphatic heterocycles. The standard InChI is InChI=1S/C4H3F3NO2/c5-4(6,7)10-3-1-8-9-2-3/h8H,1H2. The Balaban J connectivity index is 2.38. The highest BCUT2D eigenvalue weighted by atomic mass is 19.4. The normalized spacial score (nSPS) is 18.1. The second-order valence-electron chi connectivity index (χ2n) is 1.50. The Morgan fingerprint density at radius 3 is 2.70 bits per heavy atom. The van der Waals surface area contributed by atoms with Crippen molar-refractivity contribution in [1.29, 1.82) is 0 Å². The molecule has 0 aromatic rings. The van der Waals surface area contributed by atoms with Gasteiger partial charge < -0.3 is 9.57 Å². The molecule has 1 radical (unpaired) electrons. The zero-order valence-electron chi connectivity index (χ0n) is 4.66. The van der Waals surface area contributed by atoms with Crippen LogP contribution in [0, 0.1) is 6.26 Å². The lowest BCUT2D eigenvalue weighted by molar-refractivity contribution is -0.305. The molecule has 0 atom stereocenters. The number of rotatable bonds is 1. The van der Waals surface area contributed by atoms with Crippen LogP contribution in [-0.2, 0) is 9.57 Å². The van der Waals surface area contributed by atoms with Crippen molar-refractivity contribution < 1.29 is 22.7 Å². The number of alkyl halides is 3. The lowest BCUT2D eigenvalue weighted by Crippen LogP contribution is -2.16. The number of hydroxylamine groups is 1. The van der Waals surface area contributed by atoms with Crippen molar-refractivity contribution in [3.05, 3.63) is 12.0 Å². The quantitative estimate of drug-likeness (QED) is 0.603. The number of hydrogen-bond donors (Lipinski definition) is 1. The van der Waals surface area contributed by atoms with E-state index in [2.05, 4.69) is 15.1 Å². The van der Waals surface area contributed by atoms with Gasteiger partial charge in [-0.1, -0.05) is 0 Å². The summed E-state index contributed by atoms with van der Waals surface area (Å²) in [6.07, 6.45) is -2.78. The average molecular weight is 154 g/mol. The highest BCUT2D eigenvalue weighted by Crippen LogP contribution is 2.20. The molecule has 1 rings (SSSR count). The van der Waals surface area contributed by atoms with Crippen LogP contribution in [0.4, 0.5) is 13.2 Å². The second-order valence-corrected chi connectivity index (χ2v) is 1.50. The summed E-state index contributed by atoms with van der Waals surface area (Å²) in [5, 5.41) is 0. The van der Waals surface area contributed by atoms with Gasteiger partial charge in [0.25, 0.3) is 0 Å². The maximum Gasteiger partial charge on any atom is 0.572 e. The molecule has 0 aromatic carbocycles. The van der Waals surface area contributed by atoms with Crippen LogP contribution in [0.1, 0.15) is 0 Å². The van der Waals surface area contributed by atoms with Crippen LogP contribution in [0.5, 0.6) is 0 Å². The van der Waals surface area contributed by atoms with Gasteiger partial charge in [-0.25, -0.2) is 0 Å². The Kier molecular flexibility index (Phi) is 1.71. The van der Waals surface area contributed by atoms with Gasteiger partial charge >= 0.3 is 6.36 Å². The van der Waals surface area contributed by atoms with E-state index in [1.54, 1.807) is 0 Å². The Bertz CT molecular complexity index is 153. The van der Waals surface area contributed by atoms with Crippen molar-refractivity contribution in [2.24, 2.45) is 0 Å². The van der Waals surface area contributed by atoms with E-state index < -0.39 is 12.1 Å². The van der Waals surface area contributed by atoms with Crippen LogP contribution in [0.15, 0.2) is 5.76 Å². The highest BCUT2D eigenvalue weighted by Gasteiger charge is 2.33. The molecule has 1 N–H and O–H groups in total. The first kappa shape index (κ1) is 7.20. The van der Waals surface area contributed by atoms with Crippen LogP contribution in [0.2, 0.25) is 0 Å². The molecule has 0 unspecified atom stereocenters. The van der Waals surface area contributed by atoms with Crippen molar-refractivity contribution in [1.82, 2.24) is 5.48 Å². The van der Waals surface area contributed by atoms with Crippen molar-refractivity contribution in [3.63, 3.8) is 0 Å². The maximum atomic E-state index is 11.3. The Morgan fingerprint density at radius 1 is 1.60 bits per heavy atom. The number of halogens is 3. The molecule has 0 amide bonds. The third-order valence-corrected chi connectivity index (χ3v) is 0.709. The summed E-state index contributed by atoms with van der Waals surface area (Å²) in [6.45, 7) is -0.112. The van der Waals surface area contributed by atoms with Gasteiger partial charge in [0.15, 0.2) is 5.76 Å². The molecule has 0 aliphatic carbocycles. The van der Waals surface area contributed by atoms with E-state index in [1.165, 1.54) is 0 Å². The average Bonchev–Trinajstić information content (AvgIpc) is 2.12. The summed E-state index contributed by atoms with van der Waals surface area (Å²) in [7, 11) is 0. The molecule has 1 aliphatic rings. The first-order valence-corrected chi connectivity index (χ1v) is 2.34. The molecule has 0 fully saturated rings. The van der Waals surface area contributed by atoms with Crippen molar-refractivity contribution in [2.75, 3.05) is 6.54 Å². The highest BCUT2D eigenvalue weighted by molar-refractivity contribution is 4.88. The molecule has 0 bridgehead atoms. The summed E-state index contributed by atoms with van der Waals surface area (Å²) < 4.78 is 37.4. The third kappa shape index (κ3) is 2.14. The van der Waals surface area contributed by atoms with Gasteiger partial charge in [-0.15, -0.1) is 18.7 Å². The number of nitrogens with one attached hydrogen (secondary N) is 1. The first-order chi connectivity index (χ1) is 4.58. The van der Waals surface area contributed by atoms with Gasteiger partial charge in [-0.3, -0.25) is 0 Å². The summed E-state index contributed by atoms with van der Waals surface area (Å²) in [6, 6.07) is 0. The minimum absolute atomic E-state index is 0.112.